The molecule has 0 aromatic heterocycles. The molecule has 2 aromatic carbocycles. The van der Waals surface area contributed by atoms with Gasteiger partial charge in [-0.05, 0) is 49.6 Å². The van der Waals surface area contributed by atoms with E-state index >= 15 is 0 Å². The molecule has 2 nitrogen and oxygen atoms in total. The van der Waals surface area contributed by atoms with Gasteiger partial charge in [-0.15, -0.1) is 11.8 Å². The standard InChI is InChI=1S/C17H20N2S/c1-11-4-7-16(13(3)8-11)20-10-15-6-5-14(17(18)19)9-12(15)2/h4-9H,10H2,1-3H3,(H3,18,19). The average molecular weight is 284 g/mol. The van der Waals surface area contributed by atoms with Crippen LogP contribution in [0.5, 0.6) is 0 Å². The number of nitrogen functional groups attached to an aromatic ring is 1. The fourth-order valence-electron chi connectivity index (χ4n) is 2.14. The van der Waals surface area contributed by atoms with Crippen LogP contribution < -0.4 is 5.73 Å². The lowest BCUT2D eigenvalue weighted by molar-refractivity contribution is 1.24. The summed E-state index contributed by atoms with van der Waals surface area (Å²) in [7, 11) is 0. The van der Waals surface area contributed by atoms with Crippen molar-refractivity contribution in [3.8, 4) is 0 Å². The van der Waals surface area contributed by atoms with Crippen LogP contribution in [0.15, 0.2) is 41.3 Å². The molecule has 0 aliphatic heterocycles. The fourth-order valence-corrected chi connectivity index (χ4v) is 3.23. The first-order chi connectivity index (χ1) is 9.47. The van der Waals surface area contributed by atoms with Crippen molar-refractivity contribution < 1.29 is 0 Å². The average Bonchev–Trinajstić information content (AvgIpc) is 2.38. The van der Waals surface area contributed by atoms with E-state index in [9.17, 15) is 0 Å². The summed E-state index contributed by atoms with van der Waals surface area (Å²) >= 11 is 1.85. The molecule has 104 valence electrons. The zero-order valence-electron chi connectivity index (χ0n) is 12.2. The molecule has 0 bridgehead atoms. The van der Waals surface area contributed by atoms with Crippen molar-refractivity contribution in [3.05, 3.63) is 64.2 Å². The first-order valence-electron chi connectivity index (χ1n) is 6.61. The number of nitrogens with two attached hydrogens (primary N) is 1. The Labute approximate surface area is 124 Å². The first kappa shape index (κ1) is 14.7. The van der Waals surface area contributed by atoms with Crippen LogP contribution in [-0.4, -0.2) is 5.84 Å². The van der Waals surface area contributed by atoms with Crippen LogP contribution in [0.3, 0.4) is 0 Å². The molecular weight excluding hydrogens is 264 g/mol. The molecule has 0 spiro atoms. The molecule has 0 aliphatic rings. The minimum Gasteiger partial charge on any atom is -0.384 e. The van der Waals surface area contributed by atoms with Gasteiger partial charge in [0.25, 0.3) is 0 Å². The maximum atomic E-state index is 7.46. The van der Waals surface area contributed by atoms with Crippen molar-refractivity contribution >= 4 is 17.6 Å². The van der Waals surface area contributed by atoms with E-state index in [0.29, 0.717) is 0 Å². The molecule has 2 rings (SSSR count). The number of aryl methyl sites for hydroxylation is 3. The Bertz CT molecular complexity index is 647. The van der Waals surface area contributed by atoms with E-state index in [-0.39, 0.29) is 5.84 Å². The normalized spacial score (nSPS) is 10.6. The molecule has 3 N–H and O–H groups in total. The number of hydrogen-bond acceptors (Lipinski definition) is 2. The predicted octanol–water partition coefficient (Wildman–Crippen LogP) is 4.19. The molecule has 0 unspecified atom stereocenters. The molecule has 0 amide bonds. The van der Waals surface area contributed by atoms with Crippen molar-refractivity contribution in [2.75, 3.05) is 0 Å². The Balaban J connectivity index is 2.13. The van der Waals surface area contributed by atoms with E-state index in [1.165, 1.54) is 27.1 Å². The Kier molecular flexibility index (Phi) is 4.50. The number of thioether (sulfide) groups is 1. The lowest BCUT2D eigenvalue weighted by Gasteiger charge is -2.10. The summed E-state index contributed by atoms with van der Waals surface area (Å²) < 4.78 is 0. The summed E-state index contributed by atoms with van der Waals surface area (Å²) in [6, 6.07) is 12.5. The Morgan fingerprint density at radius 1 is 1.05 bits per heavy atom. The van der Waals surface area contributed by atoms with E-state index < -0.39 is 0 Å². The molecule has 3 heteroatoms. The highest BCUT2D eigenvalue weighted by Gasteiger charge is 2.05. The second-order valence-corrected chi connectivity index (χ2v) is 6.13. The van der Waals surface area contributed by atoms with Gasteiger partial charge >= 0.3 is 0 Å². The monoisotopic (exact) mass is 284 g/mol. The highest BCUT2D eigenvalue weighted by atomic mass is 32.2. The number of rotatable bonds is 4. The topological polar surface area (TPSA) is 49.9 Å². The van der Waals surface area contributed by atoms with Gasteiger partial charge in [-0.1, -0.05) is 29.8 Å². The number of benzene rings is 2. The van der Waals surface area contributed by atoms with E-state index in [0.717, 1.165) is 11.3 Å². The number of amidine groups is 1. The van der Waals surface area contributed by atoms with Crippen molar-refractivity contribution in [1.82, 2.24) is 0 Å². The number of nitrogens with one attached hydrogen (secondary N) is 1. The lowest BCUT2D eigenvalue weighted by Crippen LogP contribution is -2.11. The highest BCUT2D eigenvalue weighted by molar-refractivity contribution is 7.98. The third kappa shape index (κ3) is 3.42. The van der Waals surface area contributed by atoms with Gasteiger partial charge in [-0.2, -0.15) is 0 Å². The summed E-state index contributed by atoms with van der Waals surface area (Å²) in [6.45, 7) is 6.34. The van der Waals surface area contributed by atoms with Gasteiger partial charge in [0.05, 0.1) is 0 Å². The second-order valence-electron chi connectivity index (χ2n) is 5.11. The Hall–Kier alpha value is -1.74. The molecule has 0 atom stereocenters. The maximum Gasteiger partial charge on any atom is 0.122 e. The van der Waals surface area contributed by atoms with Crippen LogP contribution in [0, 0.1) is 26.2 Å². The first-order valence-corrected chi connectivity index (χ1v) is 7.60. The van der Waals surface area contributed by atoms with E-state index in [2.05, 4.69) is 45.0 Å². The molecule has 20 heavy (non-hydrogen) atoms. The fraction of sp³-hybridized carbons (Fsp3) is 0.235. The summed E-state index contributed by atoms with van der Waals surface area (Å²) in [5.74, 6) is 1.06. The molecule has 0 radical (unpaired) electrons. The van der Waals surface area contributed by atoms with Gasteiger partial charge in [0.15, 0.2) is 0 Å². The van der Waals surface area contributed by atoms with Crippen LogP contribution in [0.4, 0.5) is 0 Å². The van der Waals surface area contributed by atoms with Crippen LogP contribution in [0.2, 0.25) is 0 Å². The largest absolute Gasteiger partial charge is 0.384 e. The zero-order chi connectivity index (χ0) is 14.7. The van der Waals surface area contributed by atoms with Gasteiger partial charge in [0, 0.05) is 16.2 Å². The minimum atomic E-state index is 0.127. The van der Waals surface area contributed by atoms with Crippen molar-refractivity contribution in [3.63, 3.8) is 0 Å². The third-order valence-corrected chi connectivity index (χ3v) is 4.59. The van der Waals surface area contributed by atoms with Gasteiger partial charge < -0.3 is 5.73 Å². The molecule has 0 saturated heterocycles. The van der Waals surface area contributed by atoms with Gasteiger partial charge in [0.2, 0.25) is 0 Å². The predicted molar refractivity (Wildman–Crippen MR) is 87.7 cm³/mol. The van der Waals surface area contributed by atoms with Crippen LogP contribution in [0.25, 0.3) is 0 Å². The van der Waals surface area contributed by atoms with Crippen LogP contribution >= 0.6 is 11.8 Å². The Morgan fingerprint density at radius 2 is 1.80 bits per heavy atom. The summed E-state index contributed by atoms with van der Waals surface area (Å²) in [4.78, 5) is 1.32. The molecule has 0 fully saturated rings. The van der Waals surface area contributed by atoms with Crippen molar-refractivity contribution in [2.24, 2.45) is 5.73 Å². The zero-order valence-corrected chi connectivity index (χ0v) is 13.0. The van der Waals surface area contributed by atoms with Gasteiger partial charge in [-0.3, -0.25) is 5.41 Å². The molecule has 2 aromatic rings. The van der Waals surface area contributed by atoms with Crippen molar-refractivity contribution in [1.29, 1.82) is 5.41 Å². The van der Waals surface area contributed by atoms with Crippen molar-refractivity contribution in [2.45, 2.75) is 31.4 Å². The third-order valence-electron chi connectivity index (χ3n) is 3.37. The molecule has 0 aliphatic carbocycles. The van der Waals surface area contributed by atoms with E-state index in [1.54, 1.807) is 0 Å². The second kappa shape index (κ2) is 6.14. The van der Waals surface area contributed by atoms with Crippen LogP contribution in [-0.2, 0) is 5.75 Å². The Morgan fingerprint density at radius 3 is 2.40 bits per heavy atom. The SMILES string of the molecule is Cc1ccc(SCc2ccc(C(=N)N)cc2C)c(C)c1. The number of hydrogen-bond donors (Lipinski definition) is 2. The van der Waals surface area contributed by atoms with E-state index in [1.807, 2.05) is 23.9 Å². The maximum absolute atomic E-state index is 7.46. The minimum absolute atomic E-state index is 0.127. The summed E-state index contributed by atoms with van der Waals surface area (Å²) in [6.07, 6.45) is 0. The van der Waals surface area contributed by atoms with Crippen LogP contribution in [0.1, 0.15) is 27.8 Å². The van der Waals surface area contributed by atoms with Gasteiger partial charge in [0.1, 0.15) is 5.84 Å². The summed E-state index contributed by atoms with van der Waals surface area (Å²) in [5.41, 5.74) is 11.4. The molecule has 0 saturated carbocycles. The van der Waals surface area contributed by atoms with E-state index in [4.69, 9.17) is 11.1 Å². The lowest BCUT2D eigenvalue weighted by atomic mass is 10.1. The summed E-state index contributed by atoms with van der Waals surface area (Å²) in [5, 5.41) is 7.46. The quantitative estimate of drug-likeness (QED) is 0.502. The highest BCUT2D eigenvalue weighted by Crippen LogP contribution is 2.28. The molecular formula is C17H20N2S. The molecule has 0 heterocycles. The van der Waals surface area contributed by atoms with Gasteiger partial charge in [-0.25, -0.2) is 0 Å². The smallest absolute Gasteiger partial charge is 0.122 e.